The number of hydrogen-bond acceptors (Lipinski definition) is 2. The third kappa shape index (κ3) is 2.09. The van der Waals surface area contributed by atoms with Gasteiger partial charge in [-0.3, -0.25) is 5.10 Å². The number of nitrogens with two attached hydrogens (primary N) is 1. The fourth-order valence-corrected chi connectivity index (χ4v) is 2.60. The van der Waals surface area contributed by atoms with Gasteiger partial charge in [0.2, 0.25) is 0 Å². The summed E-state index contributed by atoms with van der Waals surface area (Å²) in [7, 11) is 0. The first kappa shape index (κ1) is 10.8. The van der Waals surface area contributed by atoms with Crippen LogP contribution < -0.4 is 5.73 Å². The Balaban J connectivity index is 2.06. The molecule has 2 aromatic rings. The Labute approximate surface area is 109 Å². The number of halogens is 1. The smallest absolute Gasteiger partial charge is 0.153 e. The lowest BCUT2D eigenvalue weighted by Gasteiger charge is -2.06. The highest BCUT2D eigenvalue weighted by Crippen LogP contribution is 2.38. The first-order chi connectivity index (χ1) is 8.25. The molecule has 0 saturated heterocycles. The number of aromatic amines is 1. The van der Waals surface area contributed by atoms with Crippen LogP contribution in [0.4, 0.5) is 5.82 Å². The van der Waals surface area contributed by atoms with Crippen molar-refractivity contribution in [2.24, 2.45) is 5.92 Å². The van der Waals surface area contributed by atoms with Gasteiger partial charge < -0.3 is 5.73 Å². The highest BCUT2D eigenvalue weighted by molar-refractivity contribution is 9.10. The van der Waals surface area contributed by atoms with Gasteiger partial charge in [0.1, 0.15) is 0 Å². The fourth-order valence-electron chi connectivity index (χ4n) is 2.12. The van der Waals surface area contributed by atoms with Gasteiger partial charge in [-0.15, -0.1) is 0 Å². The number of nitrogen functional groups attached to an aromatic ring is 1. The van der Waals surface area contributed by atoms with Gasteiger partial charge in [0.25, 0.3) is 0 Å². The zero-order valence-electron chi connectivity index (χ0n) is 9.41. The van der Waals surface area contributed by atoms with Crippen LogP contribution in [0.1, 0.15) is 18.5 Å². The van der Waals surface area contributed by atoms with Crippen molar-refractivity contribution in [2.75, 3.05) is 5.73 Å². The molecule has 1 aliphatic rings. The Morgan fingerprint density at radius 3 is 2.82 bits per heavy atom. The van der Waals surface area contributed by atoms with Crippen molar-refractivity contribution in [3.63, 3.8) is 0 Å². The van der Waals surface area contributed by atoms with Gasteiger partial charge in [0.15, 0.2) is 5.82 Å². The molecule has 0 spiro atoms. The first-order valence-corrected chi connectivity index (χ1v) is 6.62. The van der Waals surface area contributed by atoms with Crippen molar-refractivity contribution >= 4 is 21.7 Å². The van der Waals surface area contributed by atoms with Crippen LogP contribution in [0.5, 0.6) is 0 Å². The molecule has 0 atom stereocenters. The van der Waals surface area contributed by atoms with Crippen LogP contribution in [0.2, 0.25) is 0 Å². The van der Waals surface area contributed by atoms with E-state index < -0.39 is 0 Å². The summed E-state index contributed by atoms with van der Waals surface area (Å²) < 4.78 is 1.06. The lowest BCUT2D eigenvalue weighted by molar-refractivity contribution is 0.798. The predicted molar refractivity (Wildman–Crippen MR) is 72.6 cm³/mol. The highest BCUT2D eigenvalue weighted by atomic mass is 79.9. The molecule has 1 saturated carbocycles. The molecule has 3 nitrogen and oxygen atoms in total. The van der Waals surface area contributed by atoms with E-state index in [0.717, 1.165) is 33.6 Å². The SMILES string of the molecule is Nc1n[nH]c(CC2CC2)c1-c1ccccc1Br. The van der Waals surface area contributed by atoms with Crippen LogP contribution in [0.15, 0.2) is 28.7 Å². The maximum atomic E-state index is 5.98. The van der Waals surface area contributed by atoms with Gasteiger partial charge in [-0.25, -0.2) is 0 Å². The van der Waals surface area contributed by atoms with Gasteiger partial charge in [0, 0.05) is 21.3 Å². The second-order valence-electron chi connectivity index (χ2n) is 4.59. The molecule has 1 heterocycles. The average molecular weight is 292 g/mol. The van der Waals surface area contributed by atoms with Crippen molar-refractivity contribution in [3.8, 4) is 11.1 Å². The molecule has 17 heavy (non-hydrogen) atoms. The van der Waals surface area contributed by atoms with Crippen LogP contribution >= 0.6 is 15.9 Å². The summed E-state index contributed by atoms with van der Waals surface area (Å²) in [5.74, 6) is 1.41. The van der Waals surface area contributed by atoms with E-state index in [1.807, 2.05) is 18.2 Å². The van der Waals surface area contributed by atoms with Crippen LogP contribution in [0.25, 0.3) is 11.1 Å². The number of rotatable bonds is 3. The highest BCUT2D eigenvalue weighted by Gasteiger charge is 2.25. The molecule has 1 aromatic carbocycles. The van der Waals surface area contributed by atoms with Crippen molar-refractivity contribution in [1.82, 2.24) is 10.2 Å². The molecule has 3 N–H and O–H groups in total. The first-order valence-electron chi connectivity index (χ1n) is 5.83. The van der Waals surface area contributed by atoms with E-state index in [1.165, 1.54) is 12.8 Å². The average Bonchev–Trinajstić information content (AvgIpc) is 3.05. The minimum Gasteiger partial charge on any atom is -0.382 e. The number of hydrogen-bond donors (Lipinski definition) is 2. The zero-order chi connectivity index (χ0) is 11.8. The number of nitrogens with one attached hydrogen (secondary N) is 1. The summed E-state index contributed by atoms with van der Waals surface area (Å²) in [4.78, 5) is 0. The molecule has 0 unspecified atom stereocenters. The Kier molecular flexibility index (Phi) is 2.67. The Morgan fingerprint density at radius 1 is 1.35 bits per heavy atom. The molecule has 0 bridgehead atoms. The Morgan fingerprint density at radius 2 is 2.12 bits per heavy atom. The summed E-state index contributed by atoms with van der Waals surface area (Å²) >= 11 is 3.57. The Bertz CT molecular complexity index is 543. The topological polar surface area (TPSA) is 54.7 Å². The van der Waals surface area contributed by atoms with Crippen molar-refractivity contribution < 1.29 is 0 Å². The molecule has 3 rings (SSSR count). The minimum atomic E-state index is 0.590. The van der Waals surface area contributed by atoms with Crippen LogP contribution in [-0.4, -0.2) is 10.2 Å². The van der Waals surface area contributed by atoms with Gasteiger partial charge in [-0.2, -0.15) is 5.10 Å². The monoisotopic (exact) mass is 291 g/mol. The van der Waals surface area contributed by atoms with Crippen molar-refractivity contribution in [3.05, 3.63) is 34.4 Å². The van der Waals surface area contributed by atoms with Crippen molar-refractivity contribution in [2.45, 2.75) is 19.3 Å². The zero-order valence-corrected chi connectivity index (χ0v) is 11.0. The summed E-state index contributed by atoms with van der Waals surface area (Å²) in [5.41, 5.74) is 9.32. The number of benzene rings is 1. The number of H-pyrrole nitrogens is 1. The van der Waals surface area contributed by atoms with Crippen LogP contribution in [0, 0.1) is 5.92 Å². The molecule has 1 fully saturated rings. The van der Waals surface area contributed by atoms with Crippen molar-refractivity contribution in [1.29, 1.82) is 0 Å². The molecular weight excluding hydrogens is 278 g/mol. The van der Waals surface area contributed by atoms with Gasteiger partial charge >= 0.3 is 0 Å². The molecular formula is C13H14BrN3. The summed E-state index contributed by atoms with van der Waals surface area (Å²) in [6.45, 7) is 0. The summed E-state index contributed by atoms with van der Waals surface area (Å²) in [5, 5.41) is 7.22. The molecule has 88 valence electrons. The molecule has 0 radical (unpaired) electrons. The van der Waals surface area contributed by atoms with Crippen LogP contribution in [-0.2, 0) is 6.42 Å². The van der Waals surface area contributed by atoms with Gasteiger partial charge in [0.05, 0.1) is 0 Å². The fraction of sp³-hybridized carbons (Fsp3) is 0.308. The predicted octanol–water partition coefficient (Wildman–Crippen LogP) is 3.37. The van der Waals surface area contributed by atoms with E-state index in [-0.39, 0.29) is 0 Å². The summed E-state index contributed by atoms with van der Waals surface area (Å²) in [6.07, 6.45) is 3.71. The molecule has 0 aliphatic heterocycles. The lowest BCUT2D eigenvalue weighted by Crippen LogP contribution is -1.93. The maximum Gasteiger partial charge on any atom is 0.153 e. The molecule has 4 heteroatoms. The third-order valence-electron chi connectivity index (χ3n) is 3.20. The second kappa shape index (κ2) is 4.18. The van der Waals surface area contributed by atoms with E-state index in [2.05, 4.69) is 32.2 Å². The third-order valence-corrected chi connectivity index (χ3v) is 3.89. The van der Waals surface area contributed by atoms with E-state index >= 15 is 0 Å². The molecule has 1 aliphatic carbocycles. The standard InChI is InChI=1S/C13H14BrN3/c14-10-4-2-1-3-9(10)12-11(7-8-5-6-8)16-17-13(12)15/h1-4,8H,5-7H2,(H3,15,16,17). The van der Waals surface area contributed by atoms with Gasteiger partial charge in [-0.1, -0.05) is 34.1 Å². The van der Waals surface area contributed by atoms with E-state index in [9.17, 15) is 0 Å². The molecule has 1 aromatic heterocycles. The number of aromatic nitrogens is 2. The van der Waals surface area contributed by atoms with Gasteiger partial charge in [-0.05, 0) is 31.2 Å². The van der Waals surface area contributed by atoms with E-state index in [1.54, 1.807) is 0 Å². The molecule has 0 amide bonds. The van der Waals surface area contributed by atoms with E-state index in [4.69, 9.17) is 5.73 Å². The van der Waals surface area contributed by atoms with E-state index in [0.29, 0.717) is 5.82 Å². The summed E-state index contributed by atoms with van der Waals surface area (Å²) in [6, 6.07) is 8.13. The largest absolute Gasteiger partial charge is 0.382 e. The Hall–Kier alpha value is -1.29. The number of nitrogens with zero attached hydrogens (tertiary/aromatic N) is 1. The second-order valence-corrected chi connectivity index (χ2v) is 5.44. The minimum absolute atomic E-state index is 0.590. The van der Waals surface area contributed by atoms with Crippen LogP contribution in [0.3, 0.4) is 0 Å². The lowest BCUT2D eigenvalue weighted by atomic mass is 10.0. The maximum absolute atomic E-state index is 5.98. The normalized spacial score (nSPS) is 15.1. The quantitative estimate of drug-likeness (QED) is 0.911. The number of anilines is 1.